The van der Waals surface area contributed by atoms with Gasteiger partial charge in [-0.25, -0.2) is 9.78 Å². The first-order valence-corrected chi connectivity index (χ1v) is 5.83. The largest absolute Gasteiger partial charge is 0.325 e. The number of carbonyl (C=O) groups is 1. The number of likely N-dealkylation sites (tertiary alicyclic amines) is 1. The minimum absolute atomic E-state index is 0.0272. The number of nitrogens with zero attached hydrogens (tertiary/aromatic N) is 2. The molecule has 4 heteroatoms. The molecule has 0 bridgehead atoms. The van der Waals surface area contributed by atoms with Gasteiger partial charge in [0.15, 0.2) is 0 Å². The van der Waals surface area contributed by atoms with Crippen molar-refractivity contribution in [3.8, 4) is 0 Å². The third-order valence-corrected chi connectivity index (χ3v) is 2.79. The summed E-state index contributed by atoms with van der Waals surface area (Å²) in [6.07, 6.45) is 6.35. The van der Waals surface area contributed by atoms with Crippen LogP contribution < -0.4 is 5.32 Å². The molecule has 2 rings (SSSR count). The second-order valence-electron chi connectivity index (χ2n) is 4.05. The number of pyridine rings is 1. The van der Waals surface area contributed by atoms with Crippen LogP contribution in [0, 0.1) is 0 Å². The Hall–Kier alpha value is -1.58. The summed E-state index contributed by atoms with van der Waals surface area (Å²) in [5.41, 5.74) is 0. The maximum absolute atomic E-state index is 11.9. The van der Waals surface area contributed by atoms with E-state index in [4.69, 9.17) is 0 Å². The van der Waals surface area contributed by atoms with Gasteiger partial charge in [-0.15, -0.1) is 0 Å². The number of anilines is 1. The number of aromatic nitrogens is 1. The first-order chi connectivity index (χ1) is 7.86. The fourth-order valence-corrected chi connectivity index (χ4v) is 1.90. The van der Waals surface area contributed by atoms with E-state index in [1.807, 2.05) is 17.0 Å². The van der Waals surface area contributed by atoms with Crippen molar-refractivity contribution >= 4 is 11.8 Å². The van der Waals surface area contributed by atoms with Gasteiger partial charge in [-0.2, -0.15) is 0 Å². The van der Waals surface area contributed by atoms with Gasteiger partial charge in [-0.1, -0.05) is 18.9 Å². The third kappa shape index (κ3) is 2.95. The number of urea groups is 1. The van der Waals surface area contributed by atoms with Gasteiger partial charge in [0.2, 0.25) is 0 Å². The third-order valence-electron chi connectivity index (χ3n) is 2.79. The van der Waals surface area contributed by atoms with E-state index >= 15 is 0 Å². The highest BCUT2D eigenvalue weighted by Gasteiger charge is 2.15. The van der Waals surface area contributed by atoms with Gasteiger partial charge in [0.25, 0.3) is 0 Å². The number of hydrogen-bond donors (Lipinski definition) is 1. The predicted octanol–water partition coefficient (Wildman–Crippen LogP) is 2.49. The lowest BCUT2D eigenvalue weighted by molar-refractivity contribution is 0.213. The van der Waals surface area contributed by atoms with Crippen molar-refractivity contribution in [3.05, 3.63) is 24.4 Å². The molecule has 0 saturated carbocycles. The molecule has 0 atom stereocenters. The topological polar surface area (TPSA) is 45.2 Å². The van der Waals surface area contributed by atoms with Crippen molar-refractivity contribution in [2.24, 2.45) is 0 Å². The average molecular weight is 219 g/mol. The number of carbonyl (C=O) groups excluding carboxylic acids is 1. The van der Waals surface area contributed by atoms with Crippen molar-refractivity contribution in [3.63, 3.8) is 0 Å². The van der Waals surface area contributed by atoms with E-state index in [0.717, 1.165) is 25.9 Å². The first-order valence-electron chi connectivity index (χ1n) is 5.83. The molecule has 0 aliphatic carbocycles. The Kier molecular flexibility index (Phi) is 3.75. The van der Waals surface area contributed by atoms with Crippen LogP contribution in [-0.4, -0.2) is 29.0 Å². The summed E-state index contributed by atoms with van der Waals surface area (Å²) in [5.74, 6) is 0.622. The molecule has 1 aromatic rings. The molecule has 0 spiro atoms. The highest BCUT2D eigenvalue weighted by molar-refractivity contribution is 5.88. The molecule has 2 amide bonds. The fraction of sp³-hybridized carbons (Fsp3) is 0.500. The normalized spacial score (nSPS) is 16.6. The zero-order valence-electron chi connectivity index (χ0n) is 9.35. The Morgan fingerprint density at radius 3 is 2.56 bits per heavy atom. The van der Waals surface area contributed by atoms with E-state index in [0.29, 0.717) is 5.82 Å². The zero-order chi connectivity index (χ0) is 11.2. The summed E-state index contributed by atoms with van der Waals surface area (Å²) >= 11 is 0. The molecule has 0 unspecified atom stereocenters. The van der Waals surface area contributed by atoms with Crippen molar-refractivity contribution in [1.29, 1.82) is 0 Å². The molecule has 86 valence electrons. The van der Waals surface area contributed by atoms with E-state index in [1.165, 1.54) is 12.8 Å². The van der Waals surface area contributed by atoms with Gasteiger partial charge in [0, 0.05) is 19.3 Å². The maximum atomic E-state index is 11.9. The van der Waals surface area contributed by atoms with Crippen LogP contribution in [0.1, 0.15) is 25.7 Å². The van der Waals surface area contributed by atoms with Crippen molar-refractivity contribution in [2.75, 3.05) is 18.4 Å². The standard InChI is InChI=1S/C12H17N3O/c16-12(14-11-7-3-4-8-13-11)15-9-5-1-2-6-10-15/h3-4,7-8H,1-2,5-6,9-10H2,(H,13,14,16). The van der Waals surface area contributed by atoms with E-state index in [1.54, 1.807) is 12.3 Å². The summed E-state index contributed by atoms with van der Waals surface area (Å²) in [5, 5.41) is 2.82. The van der Waals surface area contributed by atoms with E-state index in [2.05, 4.69) is 10.3 Å². The van der Waals surface area contributed by atoms with Crippen LogP contribution in [0.3, 0.4) is 0 Å². The lowest BCUT2D eigenvalue weighted by Gasteiger charge is -2.20. The van der Waals surface area contributed by atoms with E-state index < -0.39 is 0 Å². The quantitative estimate of drug-likeness (QED) is 0.788. The summed E-state index contributed by atoms with van der Waals surface area (Å²) in [4.78, 5) is 17.9. The van der Waals surface area contributed by atoms with E-state index in [-0.39, 0.29) is 6.03 Å². The van der Waals surface area contributed by atoms with Crippen LogP contribution in [0.4, 0.5) is 10.6 Å². The Morgan fingerprint density at radius 1 is 1.19 bits per heavy atom. The molecule has 2 heterocycles. The summed E-state index contributed by atoms with van der Waals surface area (Å²) < 4.78 is 0. The highest BCUT2D eigenvalue weighted by atomic mass is 16.2. The van der Waals surface area contributed by atoms with Crippen molar-refractivity contribution in [1.82, 2.24) is 9.88 Å². The molecule has 1 aromatic heterocycles. The number of nitrogens with one attached hydrogen (secondary N) is 1. The van der Waals surface area contributed by atoms with Gasteiger partial charge in [-0.3, -0.25) is 5.32 Å². The second-order valence-corrected chi connectivity index (χ2v) is 4.05. The van der Waals surface area contributed by atoms with Crippen LogP contribution in [0.2, 0.25) is 0 Å². The van der Waals surface area contributed by atoms with Crippen LogP contribution in [0.25, 0.3) is 0 Å². The lowest BCUT2D eigenvalue weighted by Crippen LogP contribution is -2.35. The predicted molar refractivity (Wildman–Crippen MR) is 63.3 cm³/mol. The Morgan fingerprint density at radius 2 is 1.94 bits per heavy atom. The molecule has 0 aromatic carbocycles. The summed E-state index contributed by atoms with van der Waals surface area (Å²) in [7, 11) is 0. The molecular formula is C12H17N3O. The SMILES string of the molecule is O=C(Nc1ccccn1)N1CCCCCC1. The van der Waals surface area contributed by atoms with Crippen molar-refractivity contribution in [2.45, 2.75) is 25.7 Å². The molecule has 4 nitrogen and oxygen atoms in total. The molecule has 1 N–H and O–H groups in total. The highest BCUT2D eigenvalue weighted by Crippen LogP contribution is 2.11. The molecule has 1 aliphatic rings. The fourth-order valence-electron chi connectivity index (χ4n) is 1.90. The molecule has 16 heavy (non-hydrogen) atoms. The lowest BCUT2D eigenvalue weighted by atomic mass is 10.2. The van der Waals surface area contributed by atoms with E-state index in [9.17, 15) is 4.79 Å². The molecule has 1 fully saturated rings. The van der Waals surface area contributed by atoms with Gasteiger partial charge >= 0.3 is 6.03 Å². The number of amides is 2. The summed E-state index contributed by atoms with van der Waals surface area (Å²) in [6.45, 7) is 1.72. The zero-order valence-corrected chi connectivity index (χ0v) is 9.35. The van der Waals surface area contributed by atoms with Crippen molar-refractivity contribution < 1.29 is 4.79 Å². The van der Waals surface area contributed by atoms with Crippen LogP contribution in [-0.2, 0) is 0 Å². The first kappa shape index (κ1) is 10.9. The maximum Gasteiger partial charge on any atom is 0.323 e. The molecule has 1 saturated heterocycles. The van der Waals surface area contributed by atoms with Gasteiger partial charge in [0.05, 0.1) is 0 Å². The number of hydrogen-bond acceptors (Lipinski definition) is 2. The minimum atomic E-state index is -0.0272. The Balaban J connectivity index is 1.92. The Bertz CT molecular complexity index is 331. The average Bonchev–Trinajstić information content (AvgIpc) is 2.59. The van der Waals surface area contributed by atoms with Gasteiger partial charge in [0.1, 0.15) is 5.82 Å². The van der Waals surface area contributed by atoms with Crippen LogP contribution >= 0.6 is 0 Å². The second kappa shape index (κ2) is 5.49. The van der Waals surface area contributed by atoms with Crippen LogP contribution in [0.5, 0.6) is 0 Å². The Labute approximate surface area is 95.7 Å². The van der Waals surface area contributed by atoms with Gasteiger partial charge < -0.3 is 4.90 Å². The summed E-state index contributed by atoms with van der Waals surface area (Å²) in [6, 6.07) is 5.48. The number of rotatable bonds is 1. The van der Waals surface area contributed by atoms with Crippen LogP contribution in [0.15, 0.2) is 24.4 Å². The monoisotopic (exact) mass is 219 g/mol. The molecule has 0 radical (unpaired) electrons. The van der Waals surface area contributed by atoms with Gasteiger partial charge in [-0.05, 0) is 25.0 Å². The smallest absolute Gasteiger partial charge is 0.323 e. The molecule has 1 aliphatic heterocycles. The minimum Gasteiger partial charge on any atom is -0.325 e. The molecular weight excluding hydrogens is 202 g/mol.